The van der Waals surface area contributed by atoms with E-state index in [1.54, 1.807) is 24.3 Å². The van der Waals surface area contributed by atoms with E-state index in [2.05, 4.69) is 10.5 Å². The molecule has 1 N–H and O–H groups in total. The molecule has 29 heavy (non-hydrogen) atoms. The molecule has 0 saturated heterocycles. The van der Waals surface area contributed by atoms with E-state index in [4.69, 9.17) is 44.0 Å². The summed E-state index contributed by atoms with van der Waals surface area (Å²) in [5.41, 5.74) is 5.09. The summed E-state index contributed by atoms with van der Waals surface area (Å²) in [4.78, 5) is 11.9. The minimum absolute atomic E-state index is 0.149. The molecule has 0 aliphatic rings. The van der Waals surface area contributed by atoms with Crippen LogP contribution in [0.1, 0.15) is 16.9 Å². The topological polar surface area (TPSA) is 63.8 Å². The van der Waals surface area contributed by atoms with E-state index in [9.17, 15) is 4.79 Å². The standard InChI is InChI=1S/C21H17Cl3N2O3/c1-12-3-5-19(13(2)7-12)28-11-21(27)26-25-10-14-4-6-20(29-14)15-8-17(23)18(24)9-16(15)22/h3-10H,11H2,1-2H3,(H,26,27). The second kappa shape index (κ2) is 9.35. The van der Waals surface area contributed by atoms with Crippen LogP contribution in [0.25, 0.3) is 11.3 Å². The summed E-state index contributed by atoms with van der Waals surface area (Å²) in [5.74, 6) is 1.20. The van der Waals surface area contributed by atoms with Gasteiger partial charge in [-0.15, -0.1) is 0 Å². The molecule has 0 atom stereocenters. The van der Waals surface area contributed by atoms with Crippen LogP contribution < -0.4 is 10.2 Å². The fourth-order valence-corrected chi connectivity index (χ4v) is 3.22. The summed E-state index contributed by atoms with van der Waals surface area (Å²) in [6.07, 6.45) is 1.38. The van der Waals surface area contributed by atoms with Gasteiger partial charge in [-0.1, -0.05) is 52.5 Å². The van der Waals surface area contributed by atoms with Crippen molar-refractivity contribution >= 4 is 46.9 Å². The van der Waals surface area contributed by atoms with E-state index in [0.717, 1.165) is 11.1 Å². The molecule has 1 heterocycles. The highest BCUT2D eigenvalue weighted by molar-refractivity contribution is 6.44. The van der Waals surface area contributed by atoms with Gasteiger partial charge in [-0.3, -0.25) is 4.79 Å². The Labute approximate surface area is 183 Å². The second-order valence-corrected chi connectivity index (χ2v) is 7.52. The van der Waals surface area contributed by atoms with Crippen LogP contribution in [0.5, 0.6) is 5.75 Å². The molecule has 3 aromatic rings. The fourth-order valence-electron chi connectivity index (χ4n) is 2.58. The first-order chi connectivity index (χ1) is 13.8. The molecule has 0 radical (unpaired) electrons. The van der Waals surface area contributed by atoms with Crippen LogP contribution in [0.4, 0.5) is 0 Å². The molecular formula is C21H17Cl3N2O3. The molecule has 1 amide bonds. The van der Waals surface area contributed by atoms with Crippen molar-refractivity contribution in [2.45, 2.75) is 13.8 Å². The third kappa shape index (κ3) is 5.54. The Bertz CT molecular complexity index is 1080. The zero-order valence-corrected chi connectivity index (χ0v) is 17.9. The Morgan fingerprint density at radius 2 is 1.83 bits per heavy atom. The number of hydrogen-bond acceptors (Lipinski definition) is 4. The average molecular weight is 452 g/mol. The third-order valence-corrected chi connectivity index (χ3v) is 5.01. The molecule has 5 nitrogen and oxygen atoms in total. The van der Waals surface area contributed by atoms with Crippen molar-refractivity contribution < 1.29 is 13.9 Å². The molecule has 0 bridgehead atoms. The lowest BCUT2D eigenvalue weighted by molar-refractivity contribution is -0.123. The van der Waals surface area contributed by atoms with Crippen LogP contribution >= 0.6 is 34.8 Å². The normalized spacial score (nSPS) is 11.1. The average Bonchev–Trinajstić information content (AvgIpc) is 3.12. The lowest BCUT2D eigenvalue weighted by Crippen LogP contribution is -2.24. The number of carbonyl (C=O) groups excluding carboxylic acids is 1. The maximum atomic E-state index is 11.9. The van der Waals surface area contributed by atoms with Gasteiger partial charge in [0.1, 0.15) is 17.3 Å². The Morgan fingerprint density at radius 3 is 2.59 bits per heavy atom. The van der Waals surface area contributed by atoms with Gasteiger partial charge in [0.15, 0.2) is 6.61 Å². The Balaban J connectivity index is 1.57. The van der Waals surface area contributed by atoms with Gasteiger partial charge in [0, 0.05) is 5.56 Å². The number of nitrogens with one attached hydrogen (secondary N) is 1. The smallest absolute Gasteiger partial charge is 0.277 e. The van der Waals surface area contributed by atoms with Crippen molar-refractivity contribution in [1.82, 2.24) is 5.43 Å². The summed E-state index contributed by atoms with van der Waals surface area (Å²) in [6.45, 7) is 3.77. The van der Waals surface area contributed by atoms with Crippen LogP contribution in [0, 0.1) is 13.8 Å². The fraction of sp³-hybridized carbons (Fsp3) is 0.143. The number of rotatable bonds is 6. The zero-order valence-electron chi connectivity index (χ0n) is 15.6. The largest absolute Gasteiger partial charge is 0.483 e. The number of aryl methyl sites for hydroxylation is 2. The summed E-state index contributed by atoms with van der Waals surface area (Å²) in [7, 11) is 0. The highest BCUT2D eigenvalue weighted by Crippen LogP contribution is 2.35. The van der Waals surface area contributed by atoms with Gasteiger partial charge in [-0.05, 0) is 49.7 Å². The number of hydrogen-bond donors (Lipinski definition) is 1. The molecule has 3 rings (SSSR count). The first-order valence-corrected chi connectivity index (χ1v) is 9.73. The highest BCUT2D eigenvalue weighted by Gasteiger charge is 2.11. The Kier molecular flexibility index (Phi) is 6.85. The molecule has 0 saturated carbocycles. The van der Waals surface area contributed by atoms with Gasteiger partial charge < -0.3 is 9.15 Å². The summed E-state index contributed by atoms with van der Waals surface area (Å²) < 4.78 is 11.2. The maximum Gasteiger partial charge on any atom is 0.277 e. The molecule has 0 aliphatic carbocycles. The molecule has 0 aliphatic heterocycles. The number of ether oxygens (including phenoxy) is 1. The molecule has 0 spiro atoms. The van der Waals surface area contributed by atoms with E-state index in [1.165, 1.54) is 6.21 Å². The number of benzene rings is 2. The molecule has 8 heteroatoms. The van der Waals surface area contributed by atoms with Gasteiger partial charge in [-0.25, -0.2) is 5.43 Å². The molecule has 150 valence electrons. The summed E-state index contributed by atoms with van der Waals surface area (Å²) in [6, 6.07) is 12.3. The minimum Gasteiger partial charge on any atom is -0.483 e. The molecule has 0 unspecified atom stereocenters. The lowest BCUT2D eigenvalue weighted by atomic mass is 10.1. The number of hydrazone groups is 1. The Hall–Kier alpha value is -2.47. The van der Waals surface area contributed by atoms with Crippen molar-refractivity contribution in [2.24, 2.45) is 5.10 Å². The number of nitrogens with zero attached hydrogens (tertiary/aromatic N) is 1. The van der Waals surface area contributed by atoms with Crippen molar-refractivity contribution in [1.29, 1.82) is 0 Å². The van der Waals surface area contributed by atoms with Crippen molar-refractivity contribution in [3.05, 3.63) is 74.4 Å². The zero-order chi connectivity index (χ0) is 21.0. The van der Waals surface area contributed by atoms with Crippen LogP contribution in [0.15, 0.2) is 52.0 Å². The lowest BCUT2D eigenvalue weighted by Gasteiger charge is -2.08. The van der Waals surface area contributed by atoms with Crippen LogP contribution in [0.2, 0.25) is 15.1 Å². The molecular weight excluding hydrogens is 435 g/mol. The quantitative estimate of drug-likeness (QED) is 0.282. The van der Waals surface area contributed by atoms with E-state index in [-0.39, 0.29) is 12.5 Å². The van der Waals surface area contributed by atoms with Gasteiger partial charge in [-0.2, -0.15) is 5.10 Å². The molecule has 0 fully saturated rings. The third-order valence-electron chi connectivity index (χ3n) is 3.97. The maximum absolute atomic E-state index is 11.9. The van der Waals surface area contributed by atoms with E-state index >= 15 is 0 Å². The molecule has 1 aromatic heterocycles. The van der Waals surface area contributed by atoms with Gasteiger partial charge >= 0.3 is 0 Å². The number of amides is 1. The Morgan fingerprint density at radius 1 is 1.07 bits per heavy atom. The van der Waals surface area contributed by atoms with E-state index in [1.807, 2.05) is 32.0 Å². The summed E-state index contributed by atoms with van der Waals surface area (Å²) >= 11 is 18.2. The number of furan rings is 1. The van der Waals surface area contributed by atoms with Gasteiger partial charge in [0.2, 0.25) is 0 Å². The first kappa shape index (κ1) is 21.2. The van der Waals surface area contributed by atoms with Crippen molar-refractivity contribution in [3.63, 3.8) is 0 Å². The number of halogens is 3. The van der Waals surface area contributed by atoms with Crippen LogP contribution in [0.3, 0.4) is 0 Å². The second-order valence-electron chi connectivity index (χ2n) is 6.30. The van der Waals surface area contributed by atoms with Gasteiger partial charge in [0.05, 0.1) is 21.3 Å². The molecule has 2 aromatic carbocycles. The predicted molar refractivity (Wildman–Crippen MR) is 116 cm³/mol. The summed E-state index contributed by atoms with van der Waals surface area (Å²) in [5, 5.41) is 5.01. The highest BCUT2D eigenvalue weighted by atomic mass is 35.5. The first-order valence-electron chi connectivity index (χ1n) is 8.60. The SMILES string of the molecule is Cc1ccc(OCC(=O)NN=Cc2ccc(-c3cc(Cl)c(Cl)cc3Cl)o2)c(C)c1. The number of carbonyl (C=O) groups is 1. The van der Waals surface area contributed by atoms with E-state index in [0.29, 0.717) is 37.9 Å². The van der Waals surface area contributed by atoms with E-state index < -0.39 is 0 Å². The van der Waals surface area contributed by atoms with Crippen molar-refractivity contribution in [3.8, 4) is 17.1 Å². The van der Waals surface area contributed by atoms with Crippen LogP contribution in [-0.4, -0.2) is 18.7 Å². The minimum atomic E-state index is -0.388. The van der Waals surface area contributed by atoms with Crippen molar-refractivity contribution in [2.75, 3.05) is 6.61 Å². The predicted octanol–water partition coefficient (Wildman–Crippen LogP) is 6.05. The van der Waals surface area contributed by atoms with Crippen LogP contribution in [-0.2, 0) is 4.79 Å². The van der Waals surface area contributed by atoms with Gasteiger partial charge in [0.25, 0.3) is 5.91 Å². The monoisotopic (exact) mass is 450 g/mol.